The monoisotopic (exact) mass is 536 g/mol. The number of guanidine groups is 1. The Labute approximate surface area is 200 Å². The predicted octanol–water partition coefficient (Wildman–Crippen LogP) is 2.63. The number of fused-ring (bicyclic) bond motifs is 1. The van der Waals surface area contributed by atoms with E-state index in [9.17, 15) is 4.79 Å². The van der Waals surface area contributed by atoms with Gasteiger partial charge >= 0.3 is 0 Å². The van der Waals surface area contributed by atoms with Crippen molar-refractivity contribution in [1.82, 2.24) is 16.0 Å². The average Bonchev–Trinajstić information content (AvgIpc) is 3.48. The average molecular weight is 536 g/mol. The molecule has 166 valence electrons. The highest BCUT2D eigenvalue weighted by molar-refractivity contribution is 14.0. The molecule has 4 rings (SSSR count). The first-order valence-corrected chi connectivity index (χ1v) is 10.4. The molecule has 0 bridgehead atoms. The van der Waals surface area contributed by atoms with E-state index in [0.29, 0.717) is 30.8 Å². The highest BCUT2D eigenvalue weighted by Crippen LogP contribution is 2.27. The molecule has 1 fully saturated rings. The lowest BCUT2D eigenvalue weighted by molar-refractivity contribution is -0.123. The number of rotatable bonds is 8. The first-order valence-electron chi connectivity index (χ1n) is 10.4. The van der Waals surface area contributed by atoms with Crippen molar-refractivity contribution < 1.29 is 14.3 Å². The van der Waals surface area contributed by atoms with Crippen molar-refractivity contribution in [2.75, 3.05) is 20.2 Å². The van der Waals surface area contributed by atoms with Crippen LogP contribution in [0.2, 0.25) is 0 Å². The number of nitrogens with zero attached hydrogens (tertiary/aromatic N) is 1. The van der Waals surface area contributed by atoms with Crippen molar-refractivity contribution >= 4 is 35.8 Å². The molecule has 0 saturated heterocycles. The molecule has 2 aliphatic rings. The van der Waals surface area contributed by atoms with Gasteiger partial charge in [0.1, 0.15) is 17.6 Å². The summed E-state index contributed by atoms with van der Waals surface area (Å²) >= 11 is 0. The number of benzene rings is 2. The molecule has 1 unspecified atom stereocenters. The van der Waals surface area contributed by atoms with Gasteiger partial charge in [-0.1, -0.05) is 30.3 Å². The molecule has 1 aliphatic carbocycles. The molecule has 1 heterocycles. The molecule has 0 spiro atoms. The third-order valence-corrected chi connectivity index (χ3v) is 5.11. The number of hydrogen-bond acceptors (Lipinski definition) is 4. The normalized spacial score (nSPS) is 17.1. The number of ether oxygens (including phenoxy) is 2. The minimum Gasteiger partial charge on any atom is -0.488 e. The zero-order valence-electron chi connectivity index (χ0n) is 17.6. The minimum absolute atomic E-state index is 0. The van der Waals surface area contributed by atoms with Crippen LogP contribution in [-0.2, 0) is 17.8 Å². The van der Waals surface area contributed by atoms with Crippen LogP contribution in [-0.4, -0.2) is 44.2 Å². The van der Waals surface area contributed by atoms with Crippen molar-refractivity contribution in [1.29, 1.82) is 0 Å². The highest BCUT2D eigenvalue weighted by atomic mass is 127. The van der Waals surface area contributed by atoms with Gasteiger partial charge in [0, 0.05) is 26.1 Å². The number of para-hydroxylation sites is 1. The number of hydrogen-bond donors (Lipinski definition) is 3. The summed E-state index contributed by atoms with van der Waals surface area (Å²) < 4.78 is 11.6. The lowest BCUT2D eigenvalue weighted by Gasteiger charge is -2.16. The van der Waals surface area contributed by atoms with Gasteiger partial charge in [-0.25, -0.2) is 0 Å². The molecule has 0 radical (unpaired) electrons. The van der Waals surface area contributed by atoms with Gasteiger partial charge in [-0.2, -0.15) is 0 Å². The Balaban J connectivity index is 0.00000272. The Hall–Kier alpha value is -2.49. The molecule has 0 aromatic heterocycles. The summed E-state index contributed by atoms with van der Waals surface area (Å²) in [5.41, 5.74) is 2.29. The second kappa shape index (κ2) is 11.2. The van der Waals surface area contributed by atoms with E-state index in [4.69, 9.17) is 9.47 Å². The van der Waals surface area contributed by atoms with Gasteiger partial charge in [0.15, 0.2) is 12.6 Å². The number of halogens is 1. The molecule has 3 N–H and O–H groups in total. The van der Waals surface area contributed by atoms with Gasteiger partial charge in [0.2, 0.25) is 0 Å². The fourth-order valence-electron chi connectivity index (χ4n) is 3.38. The van der Waals surface area contributed by atoms with E-state index in [2.05, 4.69) is 27.0 Å². The van der Waals surface area contributed by atoms with Crippen LogP contribution in [0.3, 0.4) is 0 Å². The Bertz CT molecular complexity index is 892. The minimum atomic E-state index is -0.0677. The quantitative estimate of drug-likeness (QED) is 0.275. The maximum atomic E-state index is 11.8. The standard InChI is InChI=1S/C23H28N4O3.HI/c1-24-23(26-14-20-12-17-6-2-3-8-21(17)30-20)25-13-16-5-4-7-19(11-16)29-15-22(28)27-18-9-10-18;/h2-8,11,18,20H,9-10,12-15H2,1H3,(H,27,28)(H2,24,25,26);1H. The first-order chi connectivity index (χ1) is 14.7. The van der Waals surface area contributed by atoms with E-state index < -0.39 is 0 Å². The van der Waals surface area contributed by atoms with Crippen LogP contribution >= 0.6 is 24.0 Å². The topological polar surface area (TPSA) is 84.0 Å². The fourth-order valence-corrected chi connectivity index (χ4v) is 3.38. The molecule has 2 aromatic carbocycles. The summed E-state index contributed by atoms with van der Waals surface area (Å²) in [6.45, 7) is 1.31. The molecule has 2 aromatic rings. The molecule has 1 saturated carbocycles. The van der Waals surface area contributed by atoms with E-state index in [1.807, 2.05) is 42.5 Å². The number of carbonyl (C=O) groups excluding carboxylic acids is 1. The van der Waals surface area contributed by atoms with E-state index in [-0.39, 0.29) is 42.6 Å². The van der Waals surface area contributed by atoms with Crippen molar-refractivity contribution in [2.24, 2.45) is 4.99 Å². The lowest BCUT2D eigenvalue weighted by atomic mass is 10.1. The number of aliphatic imine (C=N–C) groups is 1. The van der Waals surface area contributed by atoms with Crippen LogP contribution in [0.1, 0.15) is 24.0 Å². The number of amides is 1. The predicted molar refractivity (Wildman–Crippen MR) is 131 cm³/mol. The van der Waals surface area contributed by atoms with Crippen LogP contribution in [0.25, 0.3) is 0 Å². The summed E-state index contributed by atoms with van der Waals surface area (Å²) in [6, 6.07) is 16.2. The van der Waals surface area contributed by atoms with Gasteiger partial charge < -0.3 is 25.4 Å². The SMILES string of the molecule is CN=C(NCc1cccc(OCC(=O)NC2CC2)c1)NCC1Cc2ccccc2O1.I. The Kier molecular flexibility index (Phi) is 8.39. The van der Waals surface area contributed by atoms with Gasteiger partial charge in [0.05, 0.1) is 6.54 Å². The van der Waals surface area contributed by atoms with E-state index >= 15 is 0 Å². The van der Waals surface area contributed by atoms with Crippen LogP contribution in [0.4, 0.5) is 0 Å². The van der Waals surface area contributed by atoms with Crippen LogP contribution in [0, 0.1) is 0 Å². The van der Waals surface area contributed by atoms with E-state index in [1.165, 1.54) is 5.56 Å². The largest absolute Gasteiger partial charge is 0.488 e. The Morgan fingerprint density at radius 1 is 1.16 bits per heavy atom. The van der Waals surface area contributed by atoms with E-state index in [1.54, 1.807) is 7.05 Å². The van der Waals surface area contributed by atoms with E-state index in [0.717, 1.165) is 30.6 Å². The summed E-state index contributed by atoms with van der Waals surface area (Å²) in [6.07, 6.45) is 3.14. The lowest BCUT2D eigenvalue weighted by Crippen LogP contribution is -2.41. The number of carbonyl (C=O) groups is 1. The molecule has 1 atom stereocenters. The van der Waals surface area contributed by atoms with Crippen LogP contribution in [0.15, 0.2) is 53.5 Å². The second-order valence-electron chi connectivity index (χ2n) is 7.64. The van der Waals surface area contributed by atoms with Crippen LogP contribution < -0.4 is 25.4 Å². The van der Waals surface area contributed by atoms with Crippen molar-refractivity contribution in [2.45, 2.75) is 38.0 Å². The highest BCUT2D eigenvalue weighted by Gasteiger charge is 2.23. The fraction of sp³-hybridized carbons (Fsp3) is 0.391. The Morgan fingerprint density at radius 2 is 2.00 bits per heavy atom. The molecular formula is C23H29IN4O3. The third-order valence-electron chi connectivity index (χ3n) is 5.11. The zero-order chi connectivity index (χ0) is 20.8. The second-order valence-corrected chi connectivity index (χ2v) is 7.64. The summed E-state index contributed by atoms with van der Waals surface area (Å²) in [5.74, 6) is 2.29. The van der Waals surface area contributed by atoms with Gasteiger partial charge in [-0.15, -0.1) is 24.0 Å². The summed E-state index contributed by atoms with van der Waals surface area (Å²) in [4.78, 5) is 16.1. The van der Waals surface area contributed by atoms with Gasteiger partial charge in [-0.05, 0) is 42.2 Å². The smallest absolute Gasteiger partial charge is 0.258 e. The van der Waals surface area contributed by atoms with Crippen molar-refractivity contribution in [3.8, 4) is 11.5 Å². The maximum Gasteiger partial charge on any atom is 0.258 e. The summed E-state index contributed by atoms with van der Waals surface area (Å²) in [7, 11) is 1.75. The van der Waals surface area contributed by atoms with Gasteiger partial charge in [0.25, 0.3) is 5.91 Å². The first kappa shape index (κ1) is 23.2. The maximum absolute atomic E-state index is 11.8. The Morgan fingerprint density at radius 3 is 2.77 bits per heavy atom. The number of nitrogens with one attached hydrogen (secondary N) is 3. The molecular weight excluding hydrogens is 507 g/mol. The van der Waals surface area contributed by atoms with Crippen LogP contribution in [0.5, 0.6) is 11.5 Å². The molecule has 1 aliphatic heterocycles. The third kappa shape index (κ3) is 7.02. The molecule has 1 amide bonds. The molecule has 8 heteroatoms. The van der Waals surface area contributed by atoms with Crippen molar-refractivity contribution in [3.05, 3.63) is 59.7 Å². The summed E-state index contributed by atoms with van der Waals surface area (Å²) in [5, 5.41) is 9.55. The molecule has 7 nitrogen and oxygen atoms in total. The van der Waals surface area contributed by atoms with Gasteiger partial charge in [-0.3, -0.25) is 9.79 Å². The zero-order valence-corrected chi connectivity index (χ0v) is 19.9. The molecule has 31 heavy (non-hydrogen) atoms. The van der Waals surface area contributed by atoms with Crippen molar-refractivity contribution in [3.63, 3.8) is 0 Å².